The lowest BCUT2D eigenvalue weighted by molar-refractivity contribution is -0.117. The Morgan fingerprint density at radius 3 is 2.18 bits per heavy atom. The van der Waals surface area contributed by atoms with Crippen LogP contribution in [0.3, 0.4) is 0 Å². The molecule has 45 heavy (non-hydrogen) atoms. The lowest BCUT2D eigenvalue weighted by Crippen LogP contribution is -2.36. The average molecular weight is 646 g/mol. The fourth-order valence-corrected chi connectivity index (χ4v) is 6.42. The molecule has 0 aliphatic carbocycles. The monoisotopic (exact) mass is 645 g/mol. The summed E-state index contributed by atoms with van der Waals surface area (Å²) in [5.74, 6) is 0.158. The number of rotatable bonds is 11. The van der Waals surface area contributed by atoms with Crippen LogP contribution in [0.5, 0.6) is 0 Å². The lowest BCUT2D eigenvalue weighted by atomic mass is 10.2. The van der Waals surface area contributed by atoms with Crippen molar-refractivity contribution < 1.29 is 14.3 Å². The number of hydrogen-bond acceptors (Lipinski definition) is 10. The van der Waals surface area contributed by atoms with Gasteiger partial charge in [-0.15, -0.1) is 0 Å². The molecule has 3 N–H and O–H groups in total. The summed E-state index contributed by atoms with van der Waals surface area (Å²) in [7, 11) is 0. The fourth-order valence-electron chi connectivity index (χ4n) is 5.34. The predicted octanol–water partition coefficient (Wildman–Crippen LogP) is 5.71. The summed E-state index contributed by atoms with van der Waals surface area (Å²) >= 11 is 8.16. The molecule has 0 atom stereocenters. The van der Waals surface area contributed by atoms with Gasteiger partial charge in [-0.05, 0) is 72.8 Å². The number of nitrogens with one attached hydrogen (secondary N) is 1. The Labute approximate surface area is 272 Å². The summed E-state index contributed by atoms with van der Waals surface area (Å²) in [4.78, 5) is 28.5. The Kier molecular flexibility index (Phi) is 10.2. The maximum Gasteiger partial charge on any atom is 0.228 e. The van der Waals surface area contributed by atoms with Gasteiger partial charge in [0.1, 0.15) is 5.03 Å². The van der Waals surface area contributed by atoms with Crippen LogP contribution in [0.2, 0.25) is 5.02 Å². The molecule has 2 aliphatic heterocycles. The van der Waals surface area contributed by atoms with E-state index in [1.807, 2.05) is 24.3 Å². The van der Waals surface area contributed by atoms with Gasteiger partial charge in [-0.25, -0.2) is 9.97 Å². The smallest absolute Gasteiger partial charge is 0.228 e. The number of halogens is 1. The zero-order chi connectivity index (χ0) is 31.0. The van der Waals surface area contributed by atoms with Gasteiger partial charge in [-0.1, -0.05) is 23.4 Å². The van der Waals surface area contributed by atoms with E-state index in [0.29, 0.717) is 30.7 Å². The Balaban J connectivity index is 1.12. The number of amides is 1. The zero-order valence-electron chi connectivity index (χ0n) is 24.9. The summed E-state index contributed by atoms with van der Waals surface area (Å²) < 4.78 is 10.9. The molecule has 10 nitrogen and oxygen atoms in total. The molecule has 3 aromatic carbocycles. The number of primary amides is 1. The third-order valence-electron chi connectivity index (χ3n) is 7.68. The topological polar surface area (TPSA) is 109 Å². The summed E-state index contributed by atoms with van der Waals surface area (Å²) in [6.45, 7) is 6.77. The standard InChI is InChI=1S/C33H36ClN7O3S/c34-29-23-24(1-10-30(29)40-17-21-44-22-18-40)37-33-36-13-11-32(38-33)45-28-8-6-27(7-9-28)41(14-12-31(35)42)26-4-2-25(3-5-26)39-15-19-43-20-16-39/h1-11,13,23H,12,14-22H2,(H2,35,42)(H,36,37,38). The molecule has 12 heteroatoms. The summed E-state index contributed by atoms with van der Waals surface area (Å²) in [6.07, 6.45) is 1.99. The molecule has 0 bridgehead atoms. The number of morpholine rings is 2. The zero-order valence-corrected chi connectivity index (χ0v) is 26.5. The SMILES string of the molecule is NC(=O)CCN(c1ccc(Sc2ccnc(Nc3ccc(N4CCOCC4)c(Cl)c3)n2)cc1)c1ccc(N2CCOCC2)cc1. The molecule has 1 amide bonds. The van der Waals surface area contributed by atoms with Gasteiger partial charge < -0.3 is 35.2 Å². The molecule has 4 aromatic rings. The van der Waals surface area contributed by atoms with E-state index in [1.165, 1.54) is 0 Å². The number of carbonyl (C=O) groups excluding carboxylic acids is 1. The van der Waals surface area contributed by atoms with Crippen LogP contribution in [0.15, 0.2) is 88.9 Å². The largest absolute Gasteiger partial charge is 0.378 e. The van der Waals surface area contributed by atoms with E-state index in [0.717, 1.165) is 77.8 Å². The molecule has 1 aromatic heterocycles. The quantitative estimate of drug-likeness (QED) is 0.197. The second-order valence-electron chi connectivity index (χ2n) is 10.7. The minimum atomic E-state index is -0.333. The Morgan fingerprint density at radius 1 is 0.889 bits per heavy atom. The van der Waals surface area contributed by atoms with Crippen molar-refractivity contribution in [2.75, 3.05) is 79.2 Å². The highest BCUT2D eigenvalue weighted by molar-refractivity contribution is 7.99. The van der Waals surface area contributed by atoms with E-state index in [1.54, 1.807) is 18.0 Å². The van der Waals surface area contributed by atoms with Crippen LogP contribution in [-0.2, 0) is 14.3 Å². The minimum absolute atomic E-state index is 0.250. The molecule has 234 valence electrons. The highest BCUT2D eigenvalue weighted by atomic mass is 35.5. The van der Waals surface area contributed by atoms with E-state index >= 15 is 0 Å². The lowest BCUT2D eigenvalue weighted by Gasteiger charge is -2.30. The number of hydrogen-bond donors (Lipinski definition) is 2. The van der Waals surface area contributed by atoms with Crippen molar-refractivity contribution in [1.29, 1.82) is 0 Å². The number of carbonyl (C=O) groups is 1. The van der Waals surface area contributed by atoms with Crippen molar-refractivity contribution in [3.8, 4) is 0 Å². The predicted molar refractivity (Wildman–Crippen MR) is 181 cm³/mol. The van der Waals surface area contributed by atoms with Crippen LogP contribution in [0.1, 0.15) is 6.42 Å². The molecule has 0 unspecified atom stereocenters. The van der Waals surface area contributed by atoms with Crippen LogP contribution >= 0.6 is 23.4 Å². The fraction of sp³-hybridized carbons (Fsp3) is 0.303. The summed E-state index contributed by atoms with van der Waals surface area (Å²) in [5.41, 5.74) is 10.5. The van der Waals surface area contributed by atoms with Crippen molar-refractivity contribution in [3.05, 3.63) is 84.0 Å². The number of benzene rings is 3. The third kappa shape index (κ3) is 8.17. The molecular weight excluding hydrogens is 610 g/mol. The van der Waals surface area contributed by atoms with E-state index in [4.69, 9.17) is 31.8 Å². The highest BCUT2D eigenvalue weighted by Crippen LogP contribution is 2.33. The molecular formula is C33H36ClN7O3S. The summed E-state index contributed by atoms with van der Waals surface area (Å²) in [6, 6.07) is 24.4. The molecule has 0 saturated carbocycles. The van der Waals surface area contributed by atoms with E-state index < -0.39 is 0 Å². The normalized spacial score (nSPS) is 15.1. The highest BCUT2D eigenvalue weighted by Gasteiger charge is 2.16. The van der Waals surface area contributed by atoms with E-state index in [-0.39, 0.29) is 12.3 Å². The third-order valence-corrected chi connectivity index (χ3v) is 8.92. The number of nitrogens with zero attached hydrogens (tertiary/aromatic N) is 5. The Bertz CT molecular complexity index is 1580. The second-order valence-corrected chi connectivity index (χ2v) is 12.2. The maximum absolute atomic E-state index is 11.7. The van der Waals surface area contributed by atoms with Gasteiger partial charge >= 0.3 is 0 Å². The molecule has 0 spiro atoms. The Morgan fingerprint density at radius 2 is 1.53 bits per heavy atom. The first-order valence-electron chi connectivity index (χ1n) is 15.0. The van der Waals surface area contributed by atoms with E-state index in [9.17, 15) is 4.79 Å². The van der Waals surface area contributed by atoms with Gasteiger partial charge in [0.05, 0.1) is 37.1 Å². The van der Waals surface area contributed by atoms with Crippen LogP contribution in [0, 0.1) is 0 Å². The van der Waals surface area contributed by atoms with Crippen LogP contribution in [0.4, 0.5) is 34.4 Å². The summed E-state index contributed by atoms with van der Waals surface area (Å²) in [5, 5.41) is 4.75. The van der Waals surface area contributed by atoms with Gasteiger partial charge in [-0.3, -0.25) is 4.79 Å². The van der Waals surface area contributed by atoms with Gasteiger partial charge in [-0.2, -0.15) is 0 Å². The van der Waals surface area contributed by atoms with Crippen LogP contribution in [0.25, 0.3) is 0 Å². The van der Waals surface area contributed by atoms with Crippen molar-refractivity contribution in [1.82, 2.24) is 9.97 Å². The van der Waals surface area contributed by atoms with Gasteiger partial charge in [0.25, 0.3) is 0 Å². The number of nitrogens with two attached hydrogens (primary N) is 1. The number of aromatic nitrogens is 2. The van der Waals surface area contributed by atoms with Crippen molar-refractivity contribution >= 4 is 63.7 Å². The van der Waals surface area contributed by atoms with Crippen molar-refractivity contribution in [3.63, 3.8) is 0 Å². The van der Waals surface area contributed by atoms with E-state index in [2.05, 4.69) is 73.5 Å². The van der Waals surface area contributed by atoms with Gasteiger partial charge in [0.15, 0.2) is 0 Å². The molecule has 2 aliphatic rings. The first kappa shape index (κ1) is 31.0. The molecule has 0 radical (unpaired) electrons. The minimum Gasteiger partial charge on any atom is -0.378 e. The molecule has 3 heterocycles. The average Bonchev–Trinajstić information content (AvgIpc) is 3.07. The Hall–Kier alpha value is -4.03. The molecule has 2 fully saturated rings. The molecule has 2 saturated heterocycles. The second kappa shape index (κ2) is 14.8. The van der Waals surface area contributed by atoms with Crippen LogP contribution in [-0.4, -0.2) is 75.0 Å². The van der Waals surface area contributed by atoms with Crippen molar-refractivity contribution in [2.24, 2.45) is 5.73 Å². The maximum atomic E-state index is 11.7. The number of ether oxygens (including phenoxy) is 2. The number of anilines is 6. The van der Waals surface area contributed by atoms with Gasteiger partial charge in [0.2, 0.25) is 11.9 Å². The van der Waals surface area contributed by atoms with Gasteiger partial charge in [0, 0.05) is 73.0 Å². The first-order valence-corrected chi connectivity index (χ1v) is 16.2. The van der Waals surface area contributed by atoms with Crippen molar-refractivity contribution in [2.45, 2.75) is 16.3 Å². The van der Waals surface area contributed by atoms with Crippen LogP contribution < -0.4 is 25.8 Å². The molecule has 6 rings (SSSR count). The first-order chi connectivity index (χ1) is 22.0.